The number of ether oxygens (including phenoxy) is 3. The summed E-state index contributed by atoms with van der Waals surface area (Å²) in [7, 11) is 1.67. The molecule has 150 valence electrons. The van der Waals surface area contributed by atoms with Crippen molar-refractivity contribution in [2.24, 2.45) is 5.92 Å². The van der Waals surface area contributed by atoms with Crippen molar-refractivity contribution in [1.82, 2.24) is 0 Å². The van der Waals surface area contributed by atoms with E-state index in [2.05, 4.69) is 30.4 Å². The van der Waals surface area contributed by atoms with Crippen molar-refractivity contribution < 1.29 is 19.0 Å². The van der Waals surface area contributed by atoms with Crippen molar-refractivity contribution in [2.45, 2.75) is 55.5 Å². The summed E-state index contributed by atoms with van der Waals surface area (Å²) in [6.07, 6.45) is 4.90. The fourth-order valence-corrected chi connectivity index (χ4v) is 7.54. The monoisotopic (exact) mass is 410 g/mol. The second-order valence-corrected chi connectivity index (χ2v) is 10.4. The third-order valence-electron chi connectivity index (χ3n) is 5.45. The lowest BCUT2D eigenvalue weighted by Gasteiger charge is -2.50. The maximum Gasteiger partial charge on any atom is 0.122 e. The average molecular weight is 411 g/mol. The van der Waals surface area contributed by atoms with Crippen molar-refractivity contribution in [1.29, 1.82) is 0 Å². The highest BCUT2D eigenvalue weighted by Gasteiger charge is 2.48. The van der Waals surface area contributed by atoms with E-state index < -0.39 is 0 Å². The molecule has 0 amide bonds. The fourth-order valence-electron chi connectivity index (χ4n) is 3.82. The quantitative estimate of drug-likeness (QED) is 0.463. The number of methoxy groups -OCH3 is 1. The van der Waals surface area contributed by atoms with Gasteiger partial charge < -0.3 is 19.0 Å². The molecule has 1 aromatic rings. The number of thioether (sulfide) groups is 2. The summed E-state index contributed by atoms with van der Waals surface area (Å²) in [5.74, 6) is 3.68. The molecule has 0 N–H and O–H groups in total. The first-order chi connectivity index (χ1) is 13.2. The summed E-state index contributed by atoms with van der Waals surface area (Å²) in [6, 6.07) is 7.97. The number of carbonyl (C=O) groups is 1. The zero-order valence-corrected chi connectivity index (χ0v) is 17.9. The predicted molar refractivity (Wildman–Crippen MR) is 113 cm³/mol. The van der Waals surface area contributed by atoms with Crippen LogP contribution in [0.15, 0.2) is 24.3 Å². The van der Waals surface area contributed by atoms with Gasteiger partial charge in [-0.15, -0.1) is 23.5 Å². The van der Waals surface area contributed by atoms with E-state index in [1.54, 1.807) is 7.11 Å². The first kappa shape index (κ1) is 21.0. The predicted octanol–water partition coefficient (Wildman–Crippen LogP) is 4.55. The number of carbonyl (C=O) groups excluding carboxylic acids is 1. The van der Waals surface area contributed by atoms with Crippen LogP contribution in [0.3, 0.4) is 0 Å². The van der Waals surface area contributed by atoms with Crippen LogP contribution in [0.25, 0.3) is 0 Å². The van der Waals surface area contributed by atoms with E-state index in [4.69, 9.17) is 14.2 Å². The lowest BCUT2D eigenvalue weighted by molar-refractivity contribution is -0.120. The third-order valence-corrected chi connectivity index (χ3v) is 9.20. The van der Waals surface area contributed by atoms with Gasteiger partial charge in [-0.25, -0.2) is 0 Å². The van der Waals surface area contributed by atoms with Gasteiger partial charge in [0.05, 0.1) is 30.0 Å². The molecular weight excluding hydrogens is 380 g/mol. The van der Waals surface area contributed by atoms with Crippen LogP contribution < -0.4 is 4.74 Å². The lowest BCUT2D eigenvalue weighted by atomic mass is 9.89. The molecule has 0 aromatic heterocycles. The number of aldehydes is 1. The van der Waals surface area contributed by atoms with Crippen LogP contribution in [0.5, 0.6) is 5.75 Å². The van der Waals surface area contributed by atoms with E-state index in [1.807, 2.05) is 24.3 Å². The van der Waals surface area contributed by atoms with Crippen molar-refractivity contribution in [3.05, 3.63) is 29.8 Å². The fraction of sp³-hybridized carbons (Fsp3) is 0.667. The number of hydrogen-bond acceptors (Lipinski definition) is 6. The molecule has 1 spiro atoms. The highest BCUT2D eigenvalue weighted by molar-refractivity contribution is 8.18. The summed E-state index contributed by atoms with van der Waals surface area (Å²) in [4.78, 5) is 11.1. The molecule has 3 rings (SSSR count). The van der Waals surface area contributed by atoms with Gasteiger partial charge in [0.2, 0.25) is 0 Å². The van der Waals surface area contributed by atoms with Crippen LogP contribution in [-0.4, -0.2) is 47.8 Å². The minimum atomic E-state index is 0.0286. The smallest absolute Gasteiger partial charge is 0.122 e. The Balaban J connectivity index is 1.51. The van der Waals surface area contributed by atoms with Gasteiger partial charge in [0.15, 0.2) is 0 Å². The SMILES string of the molecule is COc1ccc(COCC[C@@H]2CC3(SCCCS3)[C@H](C)[C@@H](CC=O)O2)cc1. The molecule has 2 saturated heterocycles. The van der Waals surface area contributed by atoms with Gasteiger partial charge in [-0.2, -0.15) is 0 Å². The van der Waals surface area contributed by atoms with Gasteiger partial charge in [0.1, 0.15) is 12.0 Å². The van der Waals surface area contributed by atoms with E-state index >= 15 is 0 Å². The van der Waals surface area contributed by atoms with Crippen molar-refractivity contribution in [2.75, 3.05) is 25.2 Å². The molecule has 0 radical (unpaired) electrons. The molecule has 2 aliphatic rings. The summed E-state index contributed by atoms with van der Waals surface area (Å²) < 4.78 is 17.6. The first-order valence-corrected chi connectivity index (χ1v) is 11.7. The van der Waals surface area contributed by atoms with Gasteiger partial charge >= 0.3 is 0 Å². The second-order valence-electron chi connectivity index (χ2n) is 7.24. The van der Waals surface area contributed by atoms with Gasteiger partial charge in [-0.3, -0.25) is 0 Å². The van der Waals surface area contributed by atoms with Gasteiger partial charge in [0.25, 0.3) is 0 Å². The Morgan fingerprint density at radius 3 is 2.67 bits per heavy atom. The third kappa shape index (κ3) is 5.43. The van der Waals surface area contributed by atoms with E-state index in [1.165, 1.54) is 17.9 Å². The molecule has 0 unspecified atom stereocenters. The molecule has 2 fully saturated rings. The largest absolute Gasteiger partial charge is 0.497 e. The summed E-state index contributed by atoms with van der Waals surface area (Å²) in [6.45, 7) is 3.53. The Hall–Kier alpha value is -0.690. The number of hydrogen-bond donors (Lipinski definition) is 0. The second kappa shape index (κ2) is 10.2. The van der Waals surface area contributed by atoms with Crippen LogP contribution in [0, 0.1) is 5.92 Å². The maximum atomic E-state index is 11.1. The Morgan fingerprint density at radius 1 is 1.26 bits per heavy atom. The molecule has 1 aromatic carbocycles. The average Bonchev–Trinajstić information content (AvgIpc) is 2.70. The molecule has 0 bridgehead atoms. The lowest BCUT2D eigenvalue weighted by Crippen LogP contribution is -2.50. The highest BCUT2D eigenvalue weighted by Crippen LogP contribution is 2.55. The Labute approximate surface area is 171 Å². The van der Waals surface area contributed by atoms with Crippen LogP contribution in [0.2, 0.25) is 0 Å². The molecule has 27 heavy (non-hydrogen) atoms. The molecule has 4 nitrogen and oxygen atoms in total. The van der Waals surface area contributed by atoms with Gasteiger partial charge in [-0.05, 0) is 48.5 Å². The minimum absolute atomic E-state index is 0.0286. The molecule has 3 atom stereocenters. The Bertz CT molecular complexity index is 586. The van der Waals surface area contributed by atoms with Gasteiger partial charge in [0, 0.05) is 18.9 Å². The standard InChI is InChI=1S/C21H30O4S2/c1-16-20(8-10-22)25-19(14-21(16)26-12-3-13-27-21)9-11-24-15-17-4-6-18(23-2)7-5-17/h4-7,10,16,19-20H,3,8-9,11-15H2,1-2H3/t16-,19-,20-/m1/s1. The van der Waals surface area contributed by atoms with Crippen LogP contribution in [-0.2, 0) is 20.9 Å². The van der Waals surface area contributed by atoms with E-state index in [0.29, 0.717) is 25.6 Å². The topological polar surface area (TPSA) is 44.8 Å². The molecule has 6 heteroatoms. The maximum absolute atomic E-state index is 11.1. The molecule has 2 heterocycles. The van der Waals surface area contributed by atoms with E-state index in [9.17, 15) is 4.79 Å². The van der Waals surface area contributed by atoms with Crippen LogP contribution >= 0.6 is 23.5 Å². The summed E-state index contributed by atoms with van der Waals surface area (Å²) in [5, 5.41) is 0. The summed E-state index contributed by atoms with van der Waals surface area (Å²) >= 11 is 4.16. The van der Waals surface area contributed by atoms with Crippen LogP contribution in [0.1, 0.15) is 38.2 Å². The molecule has 0 saturated carbocycles. The van der Waals surface area contributed by atoms with E-state index in [-0.39, 0.29) is 16.3 Å². The molecular formula is C21H30O4S2. The van der Waals surface area contributed by atoms with Crippen LogP contribution in [0.4, 0.5) is 0 Å². The zero-order chi connectivity index (χ0) is 19.1. The van der Waals surface area contributed by atoms with Crippen molar-refractivity contribution in [3.8, 4) is 5.75 Å². The summed E-state index contributed by atoms with van der Waals surface area (Å²) in [5.41, 5.74) is 1.14. The Kier molecular flexibility index (Phi) is 7.94. The molecule has 0 aliphatic carbocycles. The van der Waals surface area contributed by atoms with Crippen molar-refractivity contribution in [3.63, 3.8) is 0 Å². The normalized spacial score (nSPS) is 27.4. The zero-order valence-electron chi connectivity index (χ0n) is 16.2. The first-order valence-electron chi connectivity index (χ1n) is 9.74. The highest BCUT2D eigenvalue weighted by atomic mass is 32.2. The van der Waals surface area contributed by atoms with Gasteiger partial charge in [-0.1, -0.05) is 19.1 Å². The molecule has 2 aliphatic heterocycles. The number of rotatable bonds is 8. The van der Waals surface area contributed by atoms with E-state index in [0.717, 1.165) is 30.4 Å². The number of benzene rings is 1. The van der Waals surface area contributed by atoms with Crippen molar-refractivity contribution >= 4 is 29.8 Å². The minimum Gasteiger partial charge on any atom is -0.497 e. The Morgan fingerprint density at radius 2 is 2.00 bits per heavy atom.